The quantitative estimate of drug-likeness (QED) is 0.123. The number of para-hydroxylation sites is 2. The van der Waals surface area contributed by atoms with E-state index in [1.165, 1.54) is 12.1 Å². The summed E-state index contributed by atoms with van der Waals surface area (Å²) in [5, 5.41) is 16.5. The van der Waals surface area contributed by atoms with Gasteiger partial charge in [0.1, 0.15) is 17.6 Å². The van der Waals surface area contributed by atoms with Crippen molar-refractivity contribution in [3.8, 4) is 11.5 Å². The molecule has 0 radical (unpaired) electrons. The number of carbonyl (C=O) groups excluding carboxylic acids is 3. The van der Waals surface area contributed by atoms with Crippen molar-refractivity contribution in [2.45, 2.75) is 57.4 Å². The van der Waals surface area contributed by atoms with Gasteiger partial charge in [-0.15, -0.1) is 12.4 Å². The minimum absolute atomic E-state index is 0. The molecule has 4 unspecified atom stereocenters. The van der Waals surface area contributed by atoms with E-state index in [0.29, 0.717) is 74.9 Å². The summed E-state index contributed by atoms with van der Waals surface area (Å²) in [5.41, 5.74) is 8.23. The third kappa shape index (κ3) is 12.3. The summed E-state index contributed by atoms with van der Waals surface area (Å²) in [6, 6.07) is 15.8. The molecule has 60 heavy (non-hydrogen) atoms. The lowest BCUT2D eigenvalue weighted by Gasteiger charge is -2.28. The van der Waals surface area contributed by atoms with E-state index in [1.807, 2.05) is 6.07 Å². The lowest BCUT2D eigenvalue weighted by atomic mass is 9.97. The average Bonchev–Trinajstić information content (AvgIpc) is 3.92. The first-order chi connectivity index (χ1) is 28.0. The second-order valence-electron chi connectivity index (χ2n) is 13.6. The van der Waals surface area contributed by atoms with Crippen molar-refractivity contribution in [2.75, 3.05) is 50.3 Å². The fraction of sp³-hybridized carbons (Fsp3) is 0.357. The second kappa shape index (κ2) is 22.2. The molecule has 4 atom stereocenters. The summed E-state index contributed by atoms with van der Waals surface area (Å²) < 4.78 is 79.2. The first kappa shape index (κ1) is 47.2. The molecule has 0 spiro atoms. The summed E-state index contributed by atoms with van der Waals surface area (Å²) in [5.74, 6) is -4.27. The molecular weight excluding hydrogens is 816 g/mol. The van der Waals surface area contributed by atoms with E-state index < -0.39 is 41.2 Å². The van der Waals surface area contributed by atoms with Crippen LogP contribution in [0.3, 0.4) is 0 Å². The van der Waals surface area contributed by atoms with Gasteiger partial charge in [0.2, 0.25) is 0 Å². The van der Waals surface area contributed by atoms with E-state index in [9.17, 15) is 31.9 Å². The Labute approximate surface area is 350 Å². The number of hydrogen-bond acceptors (Lipinski definition) is 10. The molecule has 6 N–H and O–H groups in total. The minimum atomic E-state index is -1.06. The maximum absolute atomic E-state index is 13.4. The van der Waals surface area contributed by atoms with Crippen molar-refractivity contribution < 1.29 is 60.7 Å². The number of anilines is 2. The standard InChI is InChI=1S/C21H20F2N2O5.C16H14F2N2O2.C4H8O2.CH4.ClH/c22-16-5-4-12(10-17(16)23)24-20(26)15-3-1-2-14-18(7-9-29-19(14)15)25-21(27)30-13-6-8-28-11-13;17-12-5-4-9(8-13(12)18)20-16(21)11-3-1-2-10-14(19)6-7-22-15(10)11;5-4-1-2-6-3-4;;/h1-5,10,13,18H,6-9,11H2,(H,24,26)(H,25,27);1-5,8,14H,6-7,19H2,(H,20,21);4-5H,1-3H2;1H4;1H. The topological polar surface area (TPSA) is 180 Å². The number of ether oxygens (including phenoxy) is 5. The van der Waals surface area contributed by atoms with E-state index in [1.54, 1.807) is 30.3 Å². The third-order valence-corrected chi connectivity index (χ3v) is 9.40. The van der Waals surface area contributed by atoms with Crippen LogP contribution in [0.25, 0.3) is 0 Å². The Bertz CT molecular complexity index is 2100. The number of aliphatic hydroxyl groups excluding tert-OH is 1. The highest BCUT2D eigenvalue weighted by Crippen LogP contribution is 2.36. The smallest absolute Gasteiger partial charge is 0.407 e. The molecule has 4 aliphatic heterocycles. The predicted molar refractivity (Wildman–Crippen MR) is 216 cm³/mol. The number of aliphatic hydroxyl groups is 1. The number of hydrogen-bond donors (Lipinski definition) is 5. The zero-order chi connectivity index (χ0) is 41.2. The number of amides is 3. The Morgan fingerprint density at radius 1 is 0.667 bits per heavy atom. The van der Waals surface area contributed by atoms with Gasteiger partial charge in [0, 0.05) is 66.5 Å². The second-order valence-corrected chi connectivity index (χ2v) is 13.6. The molecule has 2 fully saturated rings. The molecule has 324 valence electrons. The largest absolute Gasteiger partial charge is 0.492 e. The number of alkyl carbamates (subject to hydrolysis) is 1. The van der Waals surface area contributed by atoms with Crippen LogP contribution in [0.4, 0.5) is 33.7 Å². The highest BCUT2D eigenvalue weighted by Gasteiger charge is 2.29. The zero-order valence-corrected chi connectivity index (χ0v) is 32.3. The summed E-state index contributed by atoms with van der Waals surface area (Å²) in [4.78, 5) is 37.3. The number of benzene rings is 4. The average molecular weight is 863 g/mol. The molecule has 18 heteroatoms. The van der Waals surface area contributed by atoms with Crippen molar-refractivity contribution in [3.05, 3.63) is 118 Å². The SMILES string of the molecule is C.Cl.NC1CCOc2c(C(=O)Nc3ccc(F)c(F)c3)cccc21.O=C(NC1CCOc2c(C(=O)Nc3ccc(F)c(F)c3)cccc21)OC1CCOC1.OC1CCOC1. The van der Waals surface area contributed by atoms with Crippen LogP contribution in [0.1, 0.15) is 77.0 Å². The molecule has 0 saturated carbocycles. The number of halogens is 5. The number of carbonyl (C=O) groups is 3. The van der Waals surface area contributed by atoms with Gasteiger partial charge in [0.25, 0.3) is 11.8 Å². The van der Waals surface area contributed by atoms with Crippen LogP contribution in [-0.2, 0) is 14.2 Å². The Kier molecular flexibility index (Phi) is 17.5. The van der Waals surface area contributed by atoms with Crippen LogP contribution in [-0.4, -0.2) is 74.9 Å². The molecule has 4 aliphatic rings. The lowest BCUT2D eigenvalue weighted by molar-refractivity contribution is 0.0791. The van der Waals surface area contributed by atoms with Crippen molar-refractivity contribution in [2.24, 2.45) is 5.73 Å². The first-order valence-corrected chi connectivity index (χ1v) is 18.6. The van der Waals surface area contributed by atoms with Crippen LogP contribution < -0.4 is 31.2 Å². The van der Waals surface area contributed by atoms with Crippen molar-refractivity contribution in [1.29, 1.82) is 0 Å². The number of fused-ring (bicyclic) bond motifs is 2. The van der Waals surface area contributed by atoms with Gasteiger partial charge < -0.3 is 50.5 Å². The maximum atomic E-state index is 13.4. The van der Waals surface area contributed by atoms with E-state index in [2.05, 4.69) is 16.0 Å². The highest BCUT2D eigenvalue weighted by molar-refractivity contribution is 6.07. The number of nitrogens with two attached hydrogens (primary N) is 1. The van der Waals surface area contributed by atoms with Crippen LogP contribution in [0.15, 0.2) is 72.8 Å². The van der Waals surface area contributed by atoms with Crippen molar-refractivity contribution in [3.63, 3.8) is 0 Å². The highest BCUT2D eigenvalue weighted by atomic mass is 35.5. The summed E-state index contributed by atoms with van der Waals surface area (Å²) >= 11 is 0. The molecule has 3 amide bonds. The van der Waals surface area contributed by atoms with E-state index >= 15 is 0 Å². The number of nitrogens with one attached hydrogen (secondary N) is 3. The Morgan fingerprint density at radius 2 is 1.20 bits per heavy atom. The Hall–Kier alpha value is -5.46. The van der Waals surface area contributed by atoms with Gasteiger partial charge in [0.15, 0.2) is 23.3 Å². The summed E-state index contributed by atoms with van der Waals surface area (Å²) in [6.07, 6.45) is 1.67. The van der Waals surface area contributed by atoms with Gasteiger partial charge in [-0.05, 0) is 42.8 Å². The molecule has 0 aromatic heterocycles. The molecule has 4 aromatic rings. The van der Waals surface area contributed by atoms with E-state index in [0.717, 1.165) is 42.9 Å². The molecule has 0 aliphatic carbocycles. The van der Waals surface area contributed by atoms with Gasteiger partial charge >= 0.3 is 6.09 Å². The normalized spacial score (nSPS) is 19.6. The van der Waals surface area contributed by atoms with Crippen LogP contribution in [0.5, 0.6) is 11.5 Å². The molecule has 13 nitrogen and oxygen atoms in total. The van der Waals surface area contributed by atoms with Crippen LogP contribution >= 0.6 is 12.4 Å². The summed E-state index contributed by atoms with van der Waals surface area (Å²) in [7, 11) is 0. The first-order valence-electron chi connectivity index (χ1n) is 18.6. The Morgan fingerprint density at radius 3 is 1.70 bits per heavy atom. The van der Waals surface area contributed by atoms with Crippen molar-refractivity contribution >= 4 is 41.7 Å². The van der Waals surface area contributed by atoms with E-state index in [4.69, 9.17) is 34.5 Å². The van der Waals surface area contributed by atoms with Crippen molar-refractivity contribution in [1.82, 2.24) is 5.32 Å². The van der Waals surface area contributed by atoms with Gasteiger partial charge in [0.05, 0.1) is 56.3 Å². The Balaban J connectivity index is 0.000000232. The molecule has 4 heterocycles. The fourth-order valence-electron chi connectivity index (χ4n) is 6.38. The third-order valence-electron chi connectivity index (χ3n) is 9.40. The fourth-order valence-corrected chi connectivity index (χ4v) is 6.38. The zero-order valence-electron chi connectivity index (χ0n) is 31.5. The van der Waals surface area contributed by atoms with Gasteiger partial charge in [-0.2, -0.15) is 0 Å². The molecule has 8 rings (SSSR count). The van der Waals surface area contributed by atoms with E-state index in [-0.39, 0.29) is 61.1 Å². The predicted octanol–water partition coefficient (Wildman–Crippen LogP) is 7.38. The molecule has 2 saturated heterocycles. The lowest BCUT2D eigenvalue weighted by Crippen LogP contribution is -2.35. The molecule has 4 aromatic carbocycles. The van der Waals surface area contributed by atoms with Crippen LogP contribution in [0, 0.1) is 23.3 Å². The van der Waals surface area contributed by atoms with Crippen LogP contribution in [0.2, 0.25) is 0 Å². The van der Waals surface area contributed by atoms with Gasteiger partial charge in [-0.1, -0.05) is 31.7 Å². The van der Waals surface area contributed by atoms with Gasteiger partial charge in [-0.25, -0.2) is 22.4 Å². The number of rotatable bonds is 6. The maximum Gasteiger partial charge on any atom is 0.407 e. The summed E-state index contributed by atoms with van der Waals surface area (Å²) in [6.45, 7) is 2.95. The molecular formula is C42H47ClF4N4O9. The molecule has 0 bridgehead atoms. The van der Waals surface area contributed by atoms with Gasteiger partial charge in [-0.3, -0.25) is 9.59 Å². The minimum Gasteiger partial charge on any atom is -0.492 e. The monoisotopic (exact) mass is 862 g/mol.